The Morgan fingerprint density at radius 3 is 1.31 bits per heavy atom. The molecule has 0 amide bonds. The Kier molecular flexibility index (Phi) is 26.5. The molecule has 1 atom stereocenters. The van der Waals surface area contributed by atoms with Crippen LogP contribution in [0.3, 0.4) is 0 Å². The lowest BCUT2D eigenvalue weighted by molar-refractivity contribution is -0.462. The Bertz CT molecular complexity index is 379. The van der Waals surface area contributed by atoms with Gasteiger partial charge in [0, 0.05) is 13.2 Å². The highest BCUT2D eigenvalue weighted by molar-refractivity contribution is 5.57. The van der Waals surface area contributed by atoms with Crippen molar-refractivity contribution in [2.24, 2.45) is 0 Å². The van der Waals surface area contributed by atoms with Crippen LogP contribution in [-0.2, 0) is 9.47 Å². The van der Waals surface area contributed by atoms with E-state index < -0.39 is 0 Å². The molecule has 0 saturated carbocycles. The van der Waals surface area contributed by atoms with Gasteiger partial charge in [0.1, 0.15) is 14.1 Å². The van der Waals surface area contributed by atoms with Gasteiger partial charge in [0.25, 0.3) is 0 Å². The summed E-state index contributed by atoms with van der Waals surface area (Å²) in [5.41, 5.74) is 0. The normalized spacial score (nSPS) is 12.2. The van der Waals surface area contributed by atoms with Crippen LogP contribution in [0.2, 0.25) is 0 Å². The second kappa shape index (κ2) is 26.8. The predicted molar refractivity (Wildman–Crippen MR) is 142 cm³/mol. The van der Waals surface area contributed by atoms with Gasteiger partial charge in [-0.2, -0.15) is 0 Å². The topological polar surface area (TPSA) is 21.5 Å². The smallest absolute Gasteiger partial charge is 0.170 e. The van der Waals surface area contributed by atoms with Gasteiger partial charge in [-0.3, -0.25) is 0 Å². The standard InChI is InChI=1S/C29H60NO2/c1-5-7-9-11-13-15-17-19-21-23-25-31-28-29(27-30(3)4)32-26-24-22-20-18-16-14-12-10-8-6-2/h27,29H,5-26,28H2,1-4H3/q+1. The van der Waals surface area contributed by atoms with Crippen molar-refractivity contribution in [3.8, 4) is 0 Å². The van der Waals surface area contributed by atoms with Crippen molar-refractivity contribution in [1.29, 1.82) is 0 Å². The Labute approximate surface area is 202 Å². The average molecular weight is 455 g/mol. The molecule has 0 heterocycles. The molecule has 0 aromatic rings. The molecule has 0 fully saturated rings. The number of hydrogen-bond acceptors (Lipinski definition) is 2. The SMILES string of the molecule is CCCCCCCCCCCCOCC(C=[N+](C)C)OCCCCCCCCCCCC. The molecular weight excluding hydrogens is 394 g/mol. The zero-order valence-electron chi connectivity index (χ0n) is 22.7. The molecule has 192 valence electrons. The lowest BCUT2D eigenvalue weighted by atomic mass is 10.1. The van der Waals surface area contributed by atoms with E-state index in [1.54, 1.807) is 0 Å². The number of rotatable bonds is 26. The summed E-state index contributed by atoms with van der Waals surface area (Å²) < 4.78 is 14.1. The number of unbranched alkanes of at least 4 members (excludes halogenated alkanes) is 18. The summed E-state index contributed by atoms with van der Waals surface area (Å²) in [4.78, 5) is 0. The van der Waals surface area contributed by atoms with E-state index in [2.05, 4.69) is 38.7 Å². The minimum Gasteiger partial charge on any atom is -0.378 e. The maximum atomic E-state index is 6.10. The summed E-state index contributed by atoms with van der Waals surface area (Å²) in [6, 6.07) is 0. The fraction of sp³-hybridized carbons (Fsp3) is 0.966. The van der Waals surface area contributed by atoms with Gasteiger partial charge in [-0.15, -0.1) is 0 Å². The first-order chi connectivity index (χ1) is 15.7. The summed E-state index contributed by atoms with van der Waals surface area (Å²) in [6.45, 7) is 6.98. The zero-order valence-corrected chi connectivity index (χ0v) is 22.7. The summed E-state index contributed by atoms with van der Waals surface area (Å²) >= 11 is 0. The van der Waals surface area contributed by atoms with Crippen LogP contribution in [0.4, 0.5) is 0 Å². The van der Waals surface area contributed by atoms with Crippen molar-refractivity contribution < 1.29 is 14.0 Å². The monoisotopic (exact) mass is 454 g/mol. The minimum absolute atomic E-state index is 0.0895. The third kappa shape index (κ3) is 25.8. The van der Waals surface area contributed by atoms with Crippen LogP contribution in [0.5, 0.6) is 0 Å². The van der Waals surface area contributed by atoms with Crippen molar-refractivity contribution in [3.05, 3.63) is 0 Å². The van der Waals surface area contributed by atoms with Crippen LogP contribution in [0.25, 0.3) is 0 Å². The zero-order chi connectivity index (χ0) is 23.5. The molecule has 0 rings (SSSR count). The molecule has 3 heteroatoms. The third-order valence-electron chi connectivity index (χ3n) is 6.22. The summed E-state index contributed by atoms with van der Waals surface area (Å²) in [5.74, 6) is 0. The highest BCUT2D eigenvalue weighted by Crippen LogP contribution is 2.12. The van der Waals surface area contributed by atoms with Gasteiger partial charge in [-0.25, -0.2) is 4.58 Å². The fourth-order valence-corrected chi connectivity index (χ4v) is 4.18. The second-order valence-corrected chi connectivity index (χ2v) is 9.96. The van der Waals surface area contributed by atoms with E-state index in [1.165, 1.54) is 128 Å². The first kappa shape index (κ1) is 31.6. The Hall–Kier alpha value is -0.410. The lowest BCUT2D eigenvalue weighted by Gasteiger charge is -2.13. The molecule has 32 heavy (non-hydrogen) atoms. The van der Waals surface area contributed by atoms with Crippen molar-refractivity contribution in [2.45, 2.75) is 148 Å². The molecule has 0 N–H and O–H groups in total. The van der Waals surface area contributed by atoms with E-state index >= 15 is 0 Å². The molecule has 0 spiro atoms. The van der Waals surface area contributed by atoms with Crippen LogP contribution in [-0.4, -0.2) is 50.8 Å². The van der Waals surface area contributed by atoms with Gasteiger partial charge < -0.3 is 9.47 Å². The Morgan fingerprint density at radius 2 is 0.906 bits per heavy atom. The van der Waals surface area contributed by atoms with E-state index in [0.29, 0.717) is 6.61 Å². The van der Waals surface area contributed by atoms with E-state index in [-0.39, 0.29) is 6.10 Å². The largest absolute Gasteiger partial charge is 0.378 e. The molecule has 0 aliphatic carbocycles. The summed E-state index contributed by atoms with van der Waals surface area (Å²) in [7, 11) is 4.14. The molecule has 0 bridgehead atoms. The van der Waals surface area contributed by atoms with Gasteiger partial charge in [0.2, 0.25) is 0 Å². The third-order valence-corrected chi connectivity index (χ3v) is 6.22. The minimum atomic E-state index is 0.0895. The number of hydrogen-bond donors (Lipinski definition) is 0. The van der Waals surface area contributed by atoms with Crippen LogP contribution in [0, 0.1) is 0 Å². The first-order valence-electron chi connectivity index (χ1n) is 14.4. The average Bonchev–Trinajstić information content (AvgIpc) is 2.77. The van der Waals surface area contributed by atoms with Crippen molar-refractivity contribution in [3.63, 3.8) is 0 Å². The maximum absolute atomic E-state index is 6.10. The van der Waals surface area contributed by atoms with Crippen LogP contribution >= 0.6 is 0 Å². The van der Waals surface area contributed by atoms with Crippen LogP contribution < -0.4 is 0 Å². The molecule has 0 aromatic heterocycles. The highest BCUT2D eigenvalue weighted by atomic mass is 16.5. The van der Waals surface area contributed by atoms with Crippen LogP contribution in [0.1, 0.15) is 142 Å². The van der Waals surface area contributed by atoms with Gasteiger partial charge in [-0.1, -0.05) is 129 Å². The molecule has 3 nitrogen and oxygen atoms in total. The van der Waals surface area contributed by atoms with E-state index in [4.69, 9.17) is 9.47 Å². The summed E-state index contributed by atoms with van der Waals surface area (Å²) in [5, 5.41) is 0. The van der Waals surface area contributed by atoms with Crippen molar-refractivity contribution >= 4 is 6.21 Å². The first-order valence-corrected chi connectivity index (χ1v) is 14.4. The van der Waals surface area contributed by atoms with Crippen molar-refractivity contribution in [2.75, 3.05) is 33.9 Å². The Morgan fingerprint density at radius 1 is 0.531 bits per heavy atom. The maximum Gasteiger partial charge on any atom is 0.170 e. The van der Waals surface area contributed by atoms with Gasteiger partial charge in [0.15, 0.2) is 12.3 Å². The molecule has 0 aliphatic heterocycles. The molecule has 0 saturated heterocycles. The van der Waals surface area contributed by atoms with E-state index in [0.717, 1.165) is 13.2 Å². The number of ether oxygens (including phenoxy) is 2. The van der Waals surface area contributed by atoms with E-state index in [1.807, 2.05) is 0 Å². The molecule has 0 aliphatic rings. The van der Waals surface area contributed by atoms with Gasteiger partial charge >= 0.3 is 0 Å². The molecule has 1 unspecified atom stereocenters. The predicted octanol–water partition coefficient (Wildman–Crippen LogP) is 8.57. The second-order valence-electron chi connectivity index (χ2n) is 9.96. The lowest BCUT2D eigenvalue weighted by Crippen LogP contribution is -2.26. The van der Waals surface area contributed by atoms with E-state index in [9.17, 15) is 0 Å². The fourth-order valence-electron chi connectivity index (χ4n) is 4.18. The van der Waals surface area contributed by atoms with Gasteiger partial charge in [-0.05, 0) is 12.8 Å². The number of nitrogens with zero attached hydrogens (tertiary/aromatic N) is 1. The molecule has 0 radical (unpaired) electrons. The van der Waals surface area contributed by atoms with Crippen molar-refractivity contribution in [1.82, 2.24) is 0 Å². The van der Waals surface area contributed by atoms with Crippen LogP contribution in [0.15, 0.2) is 0 Å². The Balaban J connectivity index is 3.55. The molecular formula is C29H60NO2+. The quantitative estimate of drug-likeness (QED) is 0.0741. The van der Waals surface area contributed by atoms with Gasteiger partial charge in [0.05, 0.1) is 6.61 Å². The highest BCUT2D eigenvalue weighted by Gasteiger charge is 2.10. The summed E-state index contributed by atoms with van der Waals surface area (Å²) in [6.07, 6.45) is 29.6. The molecule has 0 aromatic carbocycles.